The van der Waals surface area contributed by atoms with Gasteiger partial charge in [-0.2, -0.15) is 0 Å². The third-order valence-corrected chi connectivity index (χ3v) is 6.14. The van der Waals surface area contributed by atoms with Gasteiger partial charge in [-0.1, -0.05) is 60.3 Å². The van der Waals surface area contributed by atoms with Gasteiger partial charge in [-0.05, 0) is 25.0 Å². The molecule has 2 heterocycles. The van der Waals surface area contributed by atoms with Gasteiger partial charge in [0, 0.05) is 42.8 Å². The topological polar surface area (TPSA) is 64.7 Å². The largest absolute Gasteiger partial charge is 0.355 e. The highest BCUT2D eigenvalue weighted by Gasteiger charge is 2.17. The van der Waals surface area contributed by atoms with Crippen molar-refractivity contribution in [3.63, 3.8) is 0 Å². The second-order valence-electron chi connectivity index (χ2n) is 7.09. The third-order valence-electron chi connectivity index (χ3n) is 5.12. The Labute approximate surface area is 180 Å². The third kappa shape index (κ3) is 4.26. The zero-order chi connectivity index (χ0) is 20.9. The first-order valence-corrected chi connectivity index (χ1v) is 11.1. The van der Waals surface area contributed by atoms with Gasteiger partial charge in [-0.25, -0.2) is 0 Å². The fourth-order valence-corrected chi connectivity index (χ4v) is 4.27. The predicted molar refractivity (Wildman–Crippen MR) is 121 cm³/mol. The van der Waals surface area contributed by atoms with Crippen molar-refractivity contribution in [1.82, 2.24) is 24.6 Å². The van der Waals surface area contributed by atoms with E-state index < -0.39 is 0 Å². The van der Waals surface area contributed by atoms with Crippen LogP contribution in [0.5, 0.6) is 0 Å². The molecule has 0 fully saturated rings. The SMILES string of the molecule is CCn1cc(-c2nnc(SCC(=O)NCCc3ccccc3)n2C)c2ccccc21. The zero-order valence-corrected chi connectivity index (χ0v) is 18.0. The lowest BCUT2D eigenvalue weighted by Crippen LogP contribution is -2.27. The van der Waals surface area contributed by atoms with Gasteiger partial charge in [0.15, 0.2) is 11.0 Å². The Balaban J connectivity index is 1.40. The van der Waals surface area contributed by atoms with E-state index in [0.29, 0.717) is 12.3 Å². The van der Waals surface area contributed by atoms with Crippen LogP contribution in [-0.4, -0.2) is 37.5 Å². The lowest BCUT2D eigenvalue weighted by Gasteiger charge is -2.06. The van der Waals surface area contributed by atoms with E-state index in [0.717, 1.165) is 34.9 Å². The molecule has 6 nitrogen and oxygen atoms in total. The number of rotatable bonds is 8. The first kappa shape index (κ1) is 20.2. The van der Waals surface area contributed by atoms with E-state index in [1.807, 2.05) is 41.9 Å². The van der Waals surface area contributed by atoms with Crippen molar-refractivity contribution in [3.8, 4) is 11.4 Å². The standard InChI is InChI=1S/C23H25N5OS/c1-3-28-15-19(18-11-7-8-12-20(18)28)22-25-26-23(27(22)2)30-16-21(29)24-14-13-17-9-5-4-6-10-17/h4-12,15H,3,13-14,16H2,1-2H3,(H,24,29). The number of amides is 1. The van der Waals surface area contributed by atoms with Crippen LogP contribution in [0.15, 0.2) is 66.0 Å². The Bertz CT molecular complexity index is 1150. The van der Waals surface area contributed by atoms with Crippen molar-refractivity contribution in [2.24, 2.45) is 7.05 Å². The summed E-state index contributed by atoms with van der Waals surface area (Å²) < 4.78 is 4.18. The van der Waals surface area contributed by atoms with Gasteiger partial charge in [0.1, 0.15) is 0 Å². The summed E-state index contributed by atoms with van der Waals surface area (Å²) in [7, 11) is 1.95. The Hall–Kier alpha value is -3.06. The molecule has 0 unspecified atom stereocenters. The average Bonchev–Trinajstić information content (AvgIpc) is 3.33. The fraction of sp³-hybridized carbons (Fsp3) is 0.261. The van der Waals surface area contributed by atoms with Gasteiger partial charge in [-0.15, -0.1) is 10.2 Å². The predicted octanol–water partition coefficient (Wildman–Crippen LogP) is 3.91. The highest BCUT2D eigenvalue weighted by molar-refractivity contribution is 7.99. The van der Waals surface area contributed by atoms with Crippen LogP contribution in [0.3, 0.4) is 0 Å². The first-order valence-electron chi connectivity index (χ1n) is 10.1. The molecular formula is C23H25N5OS. The van der Waals surface area contributed by atoms with Crippen LogP contribution in [0.25, 0.3) is 22.3 Å². The number of nitrogens with one attached hydrogen (secondary N) is 1. The maximum Gasteiger partial charge on any atom is 0.230 e. The van der Waals surface area contributed by atoms with E-state index in [-0.39, 0.29) is 5.91 Å². The van der Waals surface area contributed by atoms with Crippen molar-refractivity contribution >= 4 is 28.6 Å². The first-order chi connectivity index (χ1) is 14.7. The van der Waals surface area contributed by atoms with Crippen molar-refractivity contribution in [2.45, 2.75) is 25.0 Å². The van der Waals surface area contributed by atoms with Gasteiger partial charge in [-0.3, -0.25) is 4.79 Å². The molecule has 4 aromatic rings. The van der Waals surface area contributed by atoms with Crippen LogP contribution < -0.4 is 5.32 Å². The summed E-state index contributed by atoms with van der Waals surface area (Å²) in [6.45, 7) is 3.65. The van der Waals surface area contributed by atoms with Gasteiger partial charge < -0.3 is 14.5 Å². The normalized spacial score (nSPS) is 11.1. The molecule has 0 aliphatic carbocycles. The number of fused-ring (bicyclic) bond motifs is 1. The van der Waals surface area contributed by atoms with Crippen LogP contribution in [-0.2, 0) is 24.8 Å². The highest BCUT2D eigenvalue weighted by atomic mass is 32.2. The van der Waals surface area contributed by atoms with Gasteiger partial charge in [0.25, 0.3) is 0 Å². The molecule has 0 spiro atoms. The second-order valence-corrected chi connectivity index (χ2v) is 8.03. The lowest BCUT2D eigenvalue weighted by atomic mass is 10.1. The maximum atomic E-state index is 12.2. The molecule has 7 heteroatoms. The quantitative estimate of drug-likeness (QED) is 0.440. The minimum Gasteiger partial charge on any atom is -0.355 e. The monoisotopic (exact) mass is 419 g/mol. The number of benzene rings is 2. The number of carbonyl (C=O) groups is 1. The van der Waals surface area contributed by atoms with Crippen LogP contribution in [0.2, 0.25) is 0 Å². The highest BCUT2D eigenvalue weighted by Crippen LogP contribution is 2.31. The summed E-state index contributed by atoms with van der Waals surface area (Å²) in [5, 5.41) is 13.6. The van der Waals surface area contributed by atoms with Crippen LogP contribution in [0.4, 0.5) is 0 Å². The summed E-state index contributed by atoms with van der Waals surface area (Å²) in [5.41, 5.74) is 3.46. The molecule has 0 aliphatic rings. The van der Waals surface area contributed by atoms with Crippen LogP contribution in [0.1, 0.15) is 12.5 Å². The molecule has 1 N–H and O–H groups in total. The zero-order valence-electron chi connectivity index (χ0n) is 17.2. The van der Waals surface area contributed by atoms with E-state index in [2.05, 4.69) is 57.5 Å². The molecule has 2 aromatic heterocycles. The Morgan fingerprint density at radius 1 is 1.07 bits per heavy atom. The van der Waals surface area contributed by atoms with Crippen molar-refractivity contribution in [2.75, 3.05) is 12.3 Å². The number of aromatic nitrogens is 4. The summed E-state index contributed by atoms with van der Waals surface area (Å²) in [6.07, 6.45) is 2.95. The van der Waals surface area contributed by atoms with Crippen molar-refractivity contribution in [3.05, 3.63) is 66.4 Å². The van der Waals surface area contributed by atoms with Gasteiger partial charge in [0.05, 0.1) is 5.75 Å². The maximum absolute atomic E-state index is 12.2. The average molecular weight is 420 g/mol. The molecule has 4 rings (SSSR count). The number of carbonyl (C=O) groups excluding carboxylic acids is 1. The number of hydrogen-bond acceptors (Lipinski definition) is 4. The van der Waals surface area contributed by atoms with Gasteiger partial charge >= 0.3 is 0 Å². The molecule has 2 aromatic carbocycles. The molecule has 0 radical (unpaired) electrons. The van der Waals surface area contributed by atoms with Gasteiger partial charge in [0.2, 0.25) is 5.91 Å². The number of nitrogens with zero attached hydrogens (tertiary/aromatic N) is 4. The Kier molecular flexibility index (Phi) is 6.18. The smallest absolute Gasteiger partial charge is 0.230 e. The fourth-order valence-electron chi connectivity index (χ4n) is 3.53. The van der Waals surface area contributed by atoms with Crippen molar-refractivity contribution in [1.29, 1.82) is 0 Å². The number of thioether (sulfide) groups is 1. The van der Waals surface area contributed by atoms with E-state index in [1.165, 1.54) is 22.8 Å². The molecule has 1 amide bonds. The molecule has 0 bridgehead atoms. The number of hydrogen-bond donors (Lipinski definition) is 1. The van der Waals surface area contributed by atoms with Crippen molar-refractivity contribution < 1.29 is 4.79 Å². The Morgan fingerprint density at radius 3 is 2.63 bits per heavy atom. The van der Waals surface area contributed by atoms with Crippen LogP contribution in [0, 0.1) is 0 Å². The molecule has 0 atom stereocenters. The van der Waals surface area contributed by atoms with Crippen LogP contribution >= 0.6 is 11.8 Å². The summed E-state index contributed by atoms with van der Waals surface area (Å²) in [5.74, 6) is 1.13. The summed E-state index contributed by atoms with van der Waals surface area (Å²) in [6, 6.07) is 18.5. The minimum atomic E-state index is 0.00284. The molecule has 154 valence electrons. The lowest BCUT2D eigenvalue weighted by molar-refractivity contribution is -0.118. The molecule has 0 saturated carbocycles. The molecule has 0 saturated heterocycles. The summed E-state index contributed by atoms with van der Waals surface area (Å²) in [4.78, 5) is 12.2. The van der Waals surface area contributed by atoms with E-state index >= 15 is 0 Å². The van der Waals surface area contributed by atoms with E-state index in [9.17, 15) is 4.79 Å². The molecular weight excluding hydrogens is 394 g/mol. The summed E-state index contributed by atoms with van der Waals surface area (Å²) >= 11 is 1.41. The number of aryl methyl sites for hydroxylation is 1. The number of para-hydroxylation sites is 1. The Morgan fingerprint density at radius 2 is 1.83 bits per heavy atom. The second kappa shape index (κ2) is 9.17. The van der Waals surface area contributed by atoms with E-state index in [1.54, 1.807) is 0 Å². The molecule has 30 heavy (non-hydrogen) atoms. The minimum absolute atomic E-state index is 0.00284. The molecule has 0 aliphatic heterocycles. The van der Waals surface area contributed by atoms with E-state index in [4.69, 9.17) is 0 Å².